The van der Waals surface area contributed by atoms with Gasteiger partial charge in [0.15, 0.2) is 0 Å². The monoisotopic (exact) mass is 302 g/mol. The van der Waals surface area contributed by atoms with E-state index in [2.05, 4.69) is 53.3 Å². The van der Waals surface area contributed by atoms with Crippen molar-refractivity contribution in [3.05, 3.63) is 34.2 Å². The van der Waals surface area contributed by atoms with Crippen LogP contribution in [0.15, 0.2) is 17.9 Å². The number of nitrogens with one attached hydrogen (secondary N) is 1. The van der Waals surface area contributed by atoms with E-state index < -0.39 is 0 Å². The largest absolute Gasteiger partial charge is 0.374 e. The van der Waals surface area contributed by atoms with Crippen LogP contribution in [-0.2, 0) is 0 Å². The molecule has 7 heteroatoms. The van der Waals surface area contributed by atoms with E-state index in [0.717, 1.165) is 22.7 Å². The molecule has 0 fully saturated rings. The summed E-state index contributed by atoms with van der Waals surface area (Å²) in [4.78, 5) is 5.66. The summed E-state index contributed by atoms with van der Waals surface area (Å²) in [5, 5.41) is 16.1. The van der Waals surface area contributed by atoms with Crippen molar-refractivity contribution in [1.82, 2.24) is 24.8 Å². The number of hydrogen-bond acceptors (Lipinski definition) is 6. The van der Waals surface area contributed by atoms with Gasteiger partial charge in [-0.1, -0.05) is 13.8 Å². The van der Waals surface area contributed by atoms with E-state index in [9.17, 15) is 0 Å². The zero-order valence-corrected chi connectivity index (χ0v) is 13.3. The molecule has 0 aliphatic heterocycles. The van der Waals surface area contributed by atoms with Crippen molar-refractivity contribution in [3.8, 4) is 0 Å². The number of rotatable bonds is 4. The van der Waals surface area contributed by atoms with Crippen LogP contribution < -0.4 is 5.32 Å². The molecule has 1 unspecified atom stereocenters. The smallest absolute Gasteiger partial charge is 0.200 e. The molecule has 3 aromatic heterocycles. The highest BCUT2D eigenvalue weighted by Gasteiger charge is 2.15. The Hall–Kier alpha value is -2.02. The van der Waals surface area contributed by atoms with Gasteiger partial charge in [-0.15, -0.1) is 21.5 Å². The lowest BCUT2D eigenvalue weighted by Crippen LogP contribution is -2.11. The summed E-state index contributed by atoms with van der Waals surface area (Å²) in [7, 11) is 0. The van der Waals surface area contributed by atoms with E-state index in [1.54, 1.807) is 22.2 Å². The minimum Gasteiger partial charge on any atom is -0.374 e. The summed E-state index contributed by atoms with van der Waals surface area (Å²) in [6.07, 6.45) is 1.63. The number of nitrogens with zero attached hydrogens (tertiary/aromatic N) is 5. The van der Waals surface area contributed by atoms with Crippen LogP contribution in [0.2, 0.25) is 0 Å². The number of aryl methyl sites for hydroxylation is 1. The van der Waals surface area contributed by atoms with Crippen LogP contribution in [0, 0.1) is 6.92 Å². The molecule has 0 aliphatic rings. The van der Waals surface area contributed by atoms with E-state index in [4.69, 9.17) is 0 Å². The quantitative estimate of drug-likeness (QED) is 0.801. The third-order valence-electron chi connectivity index (χ3n) is 3.44. The Labute approximate surface area is 127 Å². The number of aromatic nitrogens is 5. The Bertz CT molecular complexity index is 760. The van der Waals surface area contributed by atoms with Gasteiger partial charge in [-0.05, 0) is 25.8 Å². The average molecular weight is 302 g/mol. The van der Waals surface area contributed by atoms with Gasteiger partial charge in [-0.2, -0.15) is 9.61 Å². The van der Waals surface area contributed by atoms with Gasteiger partial charge in [0.25, 0.3) is 0 Å². The molecule has 3 heterocycles. The highest BCUT2D eigenvalue weighted by molar-refractivity contribution is 7.09. The molecule has 21 heavy (non-hydrogen) atoms. The summed E-state index contributed by atoms with van der Waals surface area (Å²) in [5.74, 6) is 0.341. The number of hydrogen-bond donors (Lipinski definition) is 1. The maximum atomic E-state index is 4.52. The maximum absolute atomic E-state index is 4.52. The highest BCUT2D eigenvalue weighted by atomic mass is 32.1. The Balaban J connectivity index is 1.99. The Morgan fingerprint density at radius 2 is 2.10 bits per heavy atom. The van der Waals surface area contributed by atoms with Crippen molar-refractivity contribution in [2.45, 2.75) is 39.7 Å². The summed E-state index contributed by atoms with van der Waals surface area (Å²) in [5.41, 5.74) is 5.62. The molecule has 0 aromatic carbocycles. The minimum atomic E-state index is 0.110. The maximum Gasteiger partial charge on any atom is 0.200 e. The third kappa shape index (κ3) is 2.61. The fourth-order valence-corrected chi connectivity index (χ4v) is 2.94. The molecular weight excluding hydrogens is 284 g/mol. The number of fused-ring (bicyclic) bond motifs is 1. The predicted octanol–water partition coefficient (Wildman–Crippen LogP) is 3.19. The van der Waals surface area contributed by atoms with Crippen molar-refractivity contribution < 1.29 is 0 Å². The number of anilines is 1. The molecule has 1 atom stereocenters. The molecule has 3 aromatic rings. The molecular formula is C14H18N6S. The summed E-state index contributed by atoms with van der Waals surface area (Å²) in [6, 6.07) is 2.16. The second-order valence-electron chi connectivity index (χ2n) is 5.40. The first-order valence-corrected chi connectivity index (χ1v) is 7.81. The van der Waals surface area contributed by atoms with Crippen molar-refractivity contribution >= 4 is 22.7 Å². The lowest BCUT2D eigenvalue weighted by Gasteiger charge is -2.16. The zero-order chi connectivity index (χ0) is 15.0. The van der Waals surface area contributed by atoms with Crippen LogP contribution in [0.1, 0.15) is 49.0 Å². The molecule has 0 spiro atoms. The van der Waals surface area contributed by atoms with Crippen LogP contribution in [-0.4, -0.2) is 24.8 Å². The first kappa shape index (κ1) is 13.9. The van der Waals surface area contributed by atoms with E-state index in [1.165, 1.54) is 4.88 Å². The molecule has 110 valence electrons. The summed E-state index contributed by atoms with van der Waals surface area (Å²) >= 11 is 1.66. The summed E-state index contributed by atoms with van der Waals surface area (Å²) < 4.78 is 1.72. The minimum absolute atomic E-state index is 0.110. The number of thiazole rings is 1. The first-order valence-electron chi connectivity index (χ1n) is 6.93. The van der Waals surface area contributed by atoms with Crippen LogP contribution in [0.25, 0.3) is 5.65 Å². The average Bonchev–Trinajstić information content (AvgIpc) is 3.06. The van der Waals surface area contributed by atoms with Crippen molar-refractivity contribution in [2.24, 2.45) is 0 Å². The predicted molar refractivity (Wildman–Crippen MR) is 83.8 cm³/mol. The Morgan fingerprint density at radius 3 is 2.76 bits per heavy atom. The molecule has 3 rings (SSSR count). The van der Waals surface area contributed by atoms with Crippen molar-refractivity contribution in [3.63, 3.8) is 0 Å². The normalized spacial score (nSPS) is 13.0. The van der Waals surface area contributed by atoms with Gasteiger partial charge in [0, 0.05) is 4.88 Å². The molecule has 6 nitrogen and oxygen atoms in total. The van der Waals surface area contributed by atoms with Gasteiger partial charge in [0.2, 0.25) is 5.65 Å². The van der Waals surface area contributed by atoms with Gasteiger partial charge < -0.3 is 5.32 Å². The van der Waals surface area contributed by atoms with Gasteiger partial charge in [-0.3, -0.25) is 0 Å². The lowest BCUT2D eigenvalue weighted by atomic mass is 10.1. The van der Waals surface area contributed by atoms with Gasteiger partial charge in [-0.25, -0.2) is 4.98 Å². The Morgan fingerprint density at radius 1 is 1.29 bits per heavy atom. The summed E-state index contributed by atoms with van der Waals surface area (Å²) in [6.45, 7) is 8.43. The van der Waals surface area contributed by atoms with Crippen LogP contribution in [0.5, 0.6) is 0 Å². The Kier molecular flexibility index (Phi) is 3.59. The van der Waals surface area contributed by atoms with E-state index in [1.807, 2.05) is 11.6 Å². The topological polar surface area (TPSA) is 68.0 Å². The molecule has 0 aliphatic carbocycles. The van der Waals surface area contributed by atoms with Crippen LogP contribution >= 0.6 is 11.3 Å². The third-order valence-corrected chi connectivity index (χ3v) is 4.22. The van der Waals surface area contributed by atoms with Crippen LogP contribution in [0.3, 0.4) is 0 Å². The van der Waals surface area contributed by atoms with E-state index >= 15 is 0 Å². The van der Waals surface area contributed by atoms with Crippen molar-refractivity contribution in [1.29, 1.82) is 0 Å². The molecule has 0 bridgehead atoms. The zero-order valence-electron chi connectivity index (χ0n) is 12.5. The lowest BCUT2D eigenvalue weighted by molar-refractivity contribution is 0.758. The first-order chi connectivity index (χ1) is 10.1. The van der Waals surface area contributed by atoms with E-state index in [0.29, 0.717) is 5.92 Å². The second kappa shape index (κ2) is 5.40. The highest BCUT2D eigenvalue weighted by Crippen LogP contribution is 2.26. The van der Waals surface area contributed by atoms with Crippen molar-refractivity contribution in [2.75, 3.05) is 5.32 Å². The molecule has 0 amide bonds. The van der Waals surface area contributed by atoms with Gasteiger partial charge in [0.05, 0.1) is 28.6 Å². The van der Waals surface area contributed by atoms with E-state index in [-0.39, 0.29) is 6.04 Å². The molecule has 0 saturated heterocycles. The van der Waals surface area contributed by atoms with Gasteiger partial charge >= 0.3 is 0 Å². The molecule has 1 N–H and O–H groups in total. The SMILES string of the molecule is Cc1scnc1C(C)Nc1cc(C(C)C)nn2cnnc12. The molecule has 0 saturated carbocycles. The fourth-order valence-electron chi connectivity index (χ4n) is 2.27. The van der Waals surface area contributed by atoms with Crippen LogP contribution in [0.4, 0.5) is 5.69 Å². The second-order valence-corrected chi connectivity index (χ2v) is 6.46. The molecule has 0 radical (unpaired) electrons. The fraction of sp³-hybridized carbons (Fsp3) is 0.429. The van der Waals surface area contributed by atoms with Gasteiger partial charge in [0.1, 0.15) is 6.33 Å². The standard InChI is InChI=1S/C14H18N6S/c1-8(2)11-5-12(14-18-16-6-20(14)19-11)17-9(3)13-10(4)21-7-15-13/h5-9,17H,1-4H3.